The zero-order valence-electron chi connectivity index (χ0n) is 16.4. The van der Waals surface area contributed by atoms with Gasteiger partial charge in [-0.25, -0.2) is 9.97 Å². The summed E-state index contributed by atoms with van der Waals surface area (Å²) in [5.74, 6) is 1.35. The molecule has 1 aliphatic heterocycles. The summed E-state index contributed by atoms with van der Waals surface area (Å²) in [5, 5.41) is 3.19. The highest BCUT2D eigenvalue weighted by molar-refractivity contribution is 5.93. The van der Waals surface area contributed by atoms with E-state index in [2.05, 4.69) is 25.2 Å². The summed E-state index contributed by atoms with van der Waals surface area (Å²) in [4.78, 5) is 27.9. The molecule has 2 fully saturated rings. The Morgan fingerprint density at radius 2 is 1.89 bits per heavy atom. The number of carbonyl (C=O) groups excluding carboxylic acids is 1. The molecular formula is C22H29N5O. The smallest absolute Gasteiger partial charge is 0.254 e. The number of hydrogen-bond acceptors (Lipinski definition) is 5. The van der Waals surface area contributed by atoms with Gasteiger partial charge in [0.2, 0.25) is 0 Å². The molecule has 1 saturated carbocycles. The molecule has 1 amide bonds. The Morgan fingerprint density at radius 3 is 2.64 bits per heavy atom. The quantitative estimate of drug-likeness (QED) is 0.863. The van der Waals surface area contributed by atoms with E-state index in [-0.39, 0.29) is 11.9 Å². The van der Waals surface area contributed by atoms with Gasteiger partial charge in [-0.2, -0.15) is 0 Å². The molecule has 1 saturated heterocycles. The van der Waals surface area contributed by atoms with Crippen molar-refractivity contribution >= 4 is 5.91 Å². The first kappa shape index (κ1) is 19.0. The number of nitrogens with one attached hydrogen (secondary N) is 1. The molecule has 1 aliphatic carbocycles. The summed E-state index contributed by atoms with van der Waals surface area (Å²) in [6, 6.07) is 3.97. The summed E-state index contributed by atoms with van der Waals surface area (Å²) < 4.78 is 0. The van der Waals surface area contributed by atoms with Gasteiger partial charge in [-0.05, 0) is 50.3 Å². The number of piperidine rings is 1. The lowest BCUT2D eigenvalue weighted by Crippen LogP contribution is -2.49. The van der Waals surface area contributed by atoms with E-state index in [0.717, 1.165) is 37.4 Å². The number of likely N-dealkylation sites (tertiary alicyclic amines) is 1. The highest BCUT2D eigenvalue weighted by atomic mass is 16.1. The summed E-state index contributed by atoms with van der Waals surface area (Å²) in [5.41, 5.74) is 1.36. The van der Waals surface area contributed by atoms with Gasteiger partial charge in [0.1, 0.15) is 0 Å². The first-order valence-electron chi connectivity index (χ1n) is 10.5. The first-order chi connectivity index (χ1) is 13.8. The Kier molecular flexibility index (Phi) is 6.27. The fraction of sp³-hybridized carbons (Fsp3) is 0.545. The van der Waals surface area contributed by atoms with Gasteiger partial charge in [-0.15, -0.1) is 0 Å². The minimum absolute atomic E-state index is 0.0812. The molecule has 2 aromatic heterocycles. The second-order valence-electron chi connectivity index (χ2n) is 8.11. The van der Waals surface area contributed by atoms with Crippen LogP contribution in [0.2, 0.25) is 0 Å². The lowest BCUT2D eigenvalue weighted by atomic mass is 9.88. The van der Waals surface area contributed by atoms with Crippen LogP contribution in [0.5, 0.6) is 0 Å². The van der Waals surface area contributed by atoms with E-state index in [1.165, 1.54) is 38.6 Å². The van der Waals surface area contributed by atoms with Crippen molar-refractivity contribution in [2.75, 3.05) is 19.6 Å². The standard InChI is InChI=1S/C22H29N5O/c28-22(19-13-24-21(25-14-19)18-8-4-10-23-12-18)26-20-9-5-11-27(16-20)15-17-6-2-1-3-7-17/h4,8,10,12-14,17,20H,1-3,5-7,9,11,15-16H2,(H,26,28)/t20-/m1/s1. The zero-order valence-corrected chi connectivity index (χ0v) is 16.4. The van der Waals surface area contributed by atoms with Crippen LogP contribution in [0.4, 0.5) is 0 Å². The maximum absolute atomic E-state index is 12.6. The Hall–Kier alpha value is -2.34. The van der Waals surface area contributed by atoms with Gasteiger partial charge in [0.25, 0.3) is 5.91 Å². The van der Waals surface area contributed by atoms with Gasteiger partial charge in [-0.3, -0.25) is 9.78 Å². The van der Waals surface area contributed by atoms with Crippen molar-refractivity contribution in [1.82, 2.24) is 25.2 Å². The molecule has 0 aromatic carbocycles. The number of rotatable bonds is 5. The van der Waals surface area contributed by atoms with E-state index in [9.17, 15) is 4.79 Å². The van der Waals surface area contributed by atoms with Crippen molar-refractivity contribution in [2.24, 2.45) is 5.92 Å². The molecule has 0 bridgehead atoms. The molecular weight excluding hydrogens is 350 g/mol. The van der Waals surface area contributed by atoms with Crippen molar-refractivity contribution in [2.45, 2.75) is 51.0 Å². The normalized spacial score (nSPS) is 21.4. The Bertz CT molecular complexity index is 758. The third-order valence-corrected chi connectivity index (χ3v) is 5.92. The number of amides is 1. The number of hydrogen-bond donors (Lipinski definition) is 1. The SMILES string of the molecule is O=C(N[C@@H]1CCCN(CC2CCCCC2)C1)c1cnc(-c2cccnc2)nc1. The largest absolute Gasteiger partial charge is 0.348 e. The second-order valence-corrected chi connectivity index (χ2v) is 8.11. The van der Waals surface area contributed by atoms with E-state index in [1.54, 1.807) is 24.8 Å². The fourth-order valence-electron chi connectivity index (χ4n) is 4.43. The predicted molar refractivity (Wildman–Crippen MR) is 109 cm³/mol. The third-order valence-electron chi connectivity index (χ3n) is 5.92. The summed E-state index contributed by atoms with van der Waals surface area (Å²) in [7, 11) is 0. The molecule has 1 atom stereocenters. The molecule has 0 unspecified atom stereocenters. The number of pyridine rings is 1. The molecule has 4 rings (SSSR count). The van der Waals surface area contributed by atoms with Gasteiger partial charge in [-0.1, -0.05) is 19.3 Å². The van der Waals surface area contributed by atoms with E-state index in [1.807, 2.05) is 12.1 Å². The fourth-order valence-corrected chi connectivity index (χ4v) is 4.43. The van der Waals surface area contributed by atoms with Crippen LogP contribution in [0, 0.1) is 5.92 Å². The Labute approximate surface area is 166 Å². The third kappa shape index (κ3) is 4.93. The highest BCUT2D eigenvalue weighted by Crippen LogP contribution is 2.25. The molecule has 0 radical (unpaired) electrons. The maximum Gasteiger partial charge on any atom is 0.254 e. The zero-order chi connectivity index (χ0) is 19.2. The molecule has 0 spiro atoms. The van der Waals surface area contributed by atoms with E-state index < -0.39 is 0 Å². The minimum Gasteiger partial charge on any atom is -0.348 e. The Balaban J connectivity index is 1.31. The van der Waals surface area contributed by atoms with Gasteiger partial charge >= 0.3 is 0 Å². The molecule has 3 heterocycles. The molecule has 6 heteroatoms. The van der Waals surface area contributed by atoms with Crippen LogP contribution >= 0.6 is 0 Å². The van der Waals surface area contributed by atoms with Gasteiger partial charge < -0.3 is 10.2 Å². The molecule has 2 aromatic rings. The van der Waals surface area contributed by atoms with Crippen LogP contribution in [0.25, 0.3) is 11.4 Å². The average Bonchev–Trinajstić information content (AvgIpc) is 2.75. The van der Waals surface area contributed by atoms with Crippen LogP contribution < -0.4 is 5.32 Å². The van der Waals surface area contributed by atoms with Crippen molar-refractivity contribution in [3.05, 3.63) is 42.5 Å². The predicted octanol–water partition coefficient (Wildman–Crippen LogP) is 3.31. The summed E-state index contributed by atoms with van der Waals surface area (Å²) in [6.07, 6.45) is 15.7. The molecule has 148 valence electrons. The lowest BCUT2D eigenvalue weighted by Gasteiger charge is -2.36. The maximum atomic E-state index is 12.6. The van der Waals surface area contributed by atoms with Gasteiger partial charge in [0.05, 0.1) is 5.56 Å². The van der Waals surface area contributed by atoms with Crippen molar-refractivity contribution in [3.63, 3.8) is 0 Å². The van der Waals surface area contributed by atoms with Crippen LogP contribution in [0.15, 0.2) is 36.9 Å². The highest BCUT2D eigenvalue weighted by Gasteiger charge is 2.24. The molecule has 1 N–H and O–H groups in total. The van der Waals surface area contributed by atoms with Crippen LogP contribution in [0.1, 0.15) is 55.3 Å². The summed E-state index contributed by atoms with van der Waals surface area (Å²) in [6.45, 7) is 3.30. The molecule has 28 heavy (non-hydrogen) atoms. The topological polar surface area (TPSA) is 71.0 Å². The number of carbonyl (C=O) groups is 1. The Morgan fingerprint density at radius 1 is 1.07 bits per heavy atom. The van der Waals surface area contributed by atoms with Crippen molar-refractivity contribution < 1.29 is 4.79 Å². The van der Waals surface area contributed by atoms with E-state index in [0.29, 0.717) is 11.4 Å². The minimum atomic E-state index is -0.0812. The first-order valence-corrected chi connectivity index (χ1v) is 10.5. The lowest BCUT2D eigenvalue weighted by molar-refractivity contribution is 0.0889. The number of aromatic nitrogens is 3. The van der Waals surface area contributed by atoms with Crippen LogP contribution in [-0.4, -0.2) is 51.4 Å². The molecule has 2 aliphatic rings. The van der Waals surface area contributed by atoms with Gasteiger partial charge in [0, 0.05) is 49.5 Å². The molecule has 6 nitrogen and oxygen atoms in total. The van der Waals surface area contributed by atoms with Crippen molar-refractivity contribution in [1.29, 1.82) is 0 Å². The average molecular weight is 380 g/mol. The second kappa shape index (κ2) is 9.24. The van der Waals surface area contributed by atoms with E-state index >= 15 is 0 Å². The van der Waals surface area contributed by atoms with Crippen LogP contribution in [0.3, 0.4) is 0 Å². The van der Waals surface area contributed by atoms with E-state index in [4.69, 9.17) is 0 Å². The number of nitrogens with zero attached hydrogens (tertiary/aromatic N) is 4. The van der Waals surface area contributed by atoms with Gasteiger partial charge in [0.15, 0.2) is 5.82 Å². The monoisotopic (exact) mass is 379 g/mol. The summed E-state index contributed by atoms with van der Waals surface area (Å²) >= 11 is 0. The van der Waals surface area contributed by atoms with Crippen molar-refractivity contribution in [3.8, 4) is 11.4 Å². The van der Waals surface area contributed by atoms with Crippen LogP contribution in [-0.2, 0) is 0 Å².